The molecule has 2 aromatic rings. The van der Waals surface area contributed by atoms with Crippen LogP contribution in [0, 0.1) is 13.3 Å². The highest BCUT2D eigenvalue weighted by atomic mass is 14.2. The SMILES string of the molecule is Cc1ccc2ccccc2c1C1=C[CH]1. The second-order valence-electron chi connectivity index (χ2n) is 3.77. The van der Waals surface area contributed by atoms with Crippen LogP contribution in [-0.2, 0) is 0 Å². The van der Waals surface area contributed by atoms with Crippen LogP contribution in [-0.4, -0.2) is 0 Å². The zero-order valence-electron chi connectivity index (χ0n) is 8.12. The van der Waals surface area contributed by atoms with E-state index in [2.05, 4.69) is 55.8 Å². The molecule has 3 rings (SSSR count). The van der Waals surface area contributed by atoms with E-state index in [4.69, 9.17) is 0 Å². The van der Waals surface area contributed by atoms with Crippen LogP contribution < -0.4 is 0 Å². The summed E-state index contributed by atoms with van der Waals surface area (Å²) in [6.07, 6.45) is 4.35. The first kappa shape index (κ1) is 7.81. The molecule has 0 bridgehead atoms. The van der Waals surface area contributed by atoms with Gasteiger partial charge in [-0.15, -0.1) is 0 Å². The Bertz CT molecular complexity index is 533. The molecule has 0 saturated carbocycles. The Labute approximate surface area is 83.9 Å². The summed E-state index contributed by atoms with van der Waals surface area (Å²) in [6.45, 7) is 2.18. The van der Waals surface area contributed by atoms with Crippen LogP contribution >= 0.6 is 0 Å². The van der Waals surface area contributed by atoms with E-state index in [1.807, 2.05) is 0 Å². The van der Waals surface area contributed by atoms with Crippen LogP contribution in [0.2, 0.25) is 0 Å². The third-order valence-corrected chi connectivity index (χ3v) is 2.76. The van der Waals surface area contributed by atoms with E-state index < -0.39 is 0 Å². The van der Waals surface area contributed by atoms with Crippen LogP contribution in [0.3, 0.4) is 0 Å². The zero-order chi connectivity index (χ0) is 9.54. The van der Waals surface area contributed by atoms with Crippen LogP contribution in [0.5, 0.6) is 0 Å². The van der Waals surface area contributed by atoms with Gasteiger partial charge >= 0.3 is 0 Å². The largest absolute Gasteiger partial charge is 0.0716 e. The Morgan fingerprint density at radius 2 is 1.71 bits per heavy atom. The van der Waals surface area contributed by atoms with Gasteiger partial charge in [-0.25, -0.2) is 0 Å². The summed E-state index contributed by atoms with van der Waals surface area (Å²) in [6, 6.07) is 13.0. The van der Waals surface area contributed by atoms with Gasteiger partial charge in [-0.05, 0) is 34.4 Å². The van der Waals surface area contributed by atoms with Crippen molar-refractivity contribution in [2.75, 3.05) is 0 Å². The smallest absolute Gasteiger partial charge is 0.0131 e. The van der Waals surface area contributed by atoms with Crippen molar-refractivity contribution in [2.24, 2.45) is 0 Å². The maximum absolute atomic E-state index is 2.20. The summed E-state index contributed by atoms with van der Waals surface area (Å²) in [5.74, 6) is 0. The van der Waals surface area contributed by atoms with Crippen LogP contribution in [0.15, 0.2) is 42.5 Å². The van der Waals surface area contributed by atoms with Crippen molar-refractivity contribution in [1.29, 1.82) is 0 Å². The third kappa shape index (κ3) is 1.07. The normalized spacial score (nSPS) is 14.2. The van der Waals surface area contributed by atoms with Crippen molar-refractivity contribution in [3.05, 3.63) is 60.0 Å². The van der Waals surface area contributed by atoms with Gasteiger partial charge in [-0.3, -0.25) is 0 Å². The topological polar surface area (TPSA) is 0 Å². The number of hydrogen-bond donors (Lipinski definition) is 0. The summed E-state index contributed by atoms with van der Waals surface area (Å²) in [7, 11) is 0. The average molecular weight is 179 g/mol. The standard InChI is InChI=1S/C14H11/c1-10-6-7-11-4-2-3-5-13(11)14(10)12-8-9-12/h2-9H,1H3. The van der Waals surface area contributed by atoms with E-state index in [-0.39, 0.29) is 0 Å². The minimum absolute atomic E-state index is 1.33. The predicted molar refractivity (Wildman–Crippen MR) is 61.0 cm³/mol. The van der Waals surface area contributed by atoms with E-state index >= 15 is 0 Å². The van der Waals surface area contributed by atoms with E-state index in [0.717, 1.165) is 0 Å². The monoisotopic (exact) mass is 179 g/mol. The lowest BCUT2D eigenvalue weighted by molar-refractivity contribution is 1.47. The van der Waals surface area contributed by atoms with Gasteiger partial charge in [0.2, 0.25) is 0 Å². The quantitative estimate of drug-likeness (QED) is 0.625. The number of rotatable bonds is 1. The Morgan fingerprint density at radius 1 is 0.929 bits per heavy atom. The lowest BCUT2D eigenvalue weighted by Crippen LogP contribution is -1.84. The summed E-state index contributed by atoms with van der Waals surface area (Å²) in [4.78, 5) is 0. The molecular formula is C14H11. The molecule has 1 aliphatic carbocycles. The molecule has 0 heteroatoms. The van der Waals surface area contributed by atoms with Crippen LogP contribution in [0.1, 0.15) is 11.1 Å². The van der Waals surface area contributed by atoms with Gasteiger partial charge in [-0.1, -0.05) is 42.5 Å². The summed E-state index contributed by atoms with van der Waals surface area (Å²) in [5, 5.41) is 2.70. The lowest BCUT2D eigenvalue weighted by Gasteiger charge is -2.06. The molecular weight excluding hydrogens is 168 g/mol. The highest BCUT2D eigenvalue weighted by molar-refractivity contribution is 6.02. The zero-order valence-corrected chi connectivity index (χ0v) is 8.12. The van der Waals surface area contributed by atoms with Gasteiger partial charge in [0.15, 0.2) is 0 Å². The van der Waals surface area contributed by atoms with Crippen LogP contribution in [0.4, 0.5) is 0 Å². The van der Waals surface area contributed by atoms with Crippen molar-refractivity contribution in [3.8, 4) is 0 Å². The molecule has 1 radical (unpaired) electrons. The highest BCUT2D eigenvalue weighted by Crippen LogP contribution is 2.36. The van der Waals surface area contributed by atoms with Gasteiger partial charge in [0.25, 0.3) is 0 Å². The molecule has 0 saturated heterocycles. The summed E-state index contributed by atoms with van der Waals surface area (Å²) in [5.41, 5.74) is 4.16. The number of fused-ring (bicyclic) bond motifs is 1. The molecule has 0 spiro atoms. The average Bonchev–Trinajstić information content (AvgIpc) is 3.01. The first-order chi connectivity index (χ1) is 6.86. The summed E-state index contributed by atoms with van der Waals surface area (Å²) < 4.78 is 0. The summed E-state index contributed by atoms with van der Waals surface area (Å²) >= 11 is 0. The second kappa shape index (κ2) is 2.71. The molecule has 67 valence electrons. The lowest BCUT2D eigenvalue weighted by atomic mass is 9.98. The molecule has 14 heavy (non-hydrogen) atoms. The number of aryl methyl sites for hydroxylation is 1. The first-order valence-electron chi connectivity index (χ1n) is 4.90. The highest BCUT2D eigenvalue weighted by Gasteiger charge is 2.15. The van der Waals surface area contributed by atoms with Crippen molar-refractivity contribution in [3.63, 3.8) is 0 Å². The van der Waals surface area contributed by atoms with Crippen molar-refractivity contribution in [2.45, 2.75) is 6.92 Å². The Kier molecular flexibility index (Phi) is 1.51. The fraction of sp³-hybridized carbons (Fsp3) is 0.0714. The fourth-order valence-electron chi connectivity index (χ4n) is 1.97. The van der Waals surface area contributed by atoms with E-state index in [1.165, 1.54) is 27.5 Å². The van der Waals surface area contributed by atoms with E-state index in [9.17, 15) is 0 Å². The van der Waals surface area contributed by atoms with E-state index in [0.29, 0.717) is 0 Å². The Hall–Kier alpha value is -1.56. The molecule has 0 fully saturated rings. The minimum atomic E-state index is 1.33. The van der Waals surface area contributed by atoms with Crippen molar-refractivity contribution < 1.29 is 0 Å². The molecule has 0 amide bonds. The van der Waals surface area contributed by atoms with Gasteiger partial charge < -0.3 is 0 Å². The Balaban J connectivity index is 2.43. The van der Waals surface area contributed by atoms with Gasteiger partial charge in [-0.2, -0.15) is 0 Å². The number of benzene rings is 2. The second-order valence-corrected chi connectivity index (χ2v) is 3.77. The Morgan fingerprint density at radius 3 is 2.50 bits per heavy atom. The van der Waals surface area contributed by atoms with Gasteiger partial charge in [0.05, 0.1) is 0 Å². The molecule has 0 aliphatic heterocycles. The van der Waals surface area contributed by atoms with Gasteiger partial charge in [0, 0.05) is 6.42 Å². The number of allylic oxidation sites excluding steroid dienone is 2. The maximum atomic E-state index is 2.20. The fourth-order valence-corrected chi connectivity index (χ4v) is 1.97. The van der Waals surface area contributed by atoms with Crippen molar-refractivity contribution >= 4 is 16.3 Å². The molecule has 2 aromatic carbocycles. The maximum Gasteiger partial charge on any atom is 0.0131 e. The van der Waals surface area contributed by atoms with Crippen molar-refractivity contribution in [1.82, 2.24) is 0 Å². The molecule has 0 aromatic heterocycles. The molecule has 0 atom stereocenters. The predicted octanol–water partition coefficient (Wildman–Crippen LogP) is 3.75. The molecule has 1 aliphatic rings. The van der Waals surface area contributed by atoms with Gasteiger partial charge in [0.1, 0.15) is 0 Å². The first-order valence-corrected chi connectivity index (χ1v) is 4.90. The number of hydrogen-bond acceptors (Lipinski definition) is 0. The minimum Gasteiger partial charge on any atom is -0.0716 e. The molecule has 0 N–H and O–H groups in total. The molecule has 0 nitrogen and oxygen atoms in total. The molecule has 0 unspecified atom stereocenters. The molecule has 0 heterocycles. The third-order valence-electron chi connectivity index (χ3n) is 2.76. The van der Waals surface area contributed by atoms with Crippen LogP contribution in [0.25, 0.3) is 16.3 Å². The van der Waals surface area contributed by atoms with E-state index in [1.54, 1.807) is 0 Å².